The zero-order chi connectivity index (χ0) is 23.6. The van der Waals surface area contributed by atoms with Gasteiger partial charge in [0.05, 0.1) is 11.9 Å². The highest BCUT2D eigenvalue weighted by Gasteiger charge is 2.35. The second-order valence-corrected chi connectivity index (χ2v) is 10.6. The largest absolute Gasteiger partial charge is 0.368 e. The molecule has 2 aromatic rings. The van der Waals surface area contributed by atoms with Gasteiger partial charge in [0.1, 0.15) is 6.04 Å². The van der Waals surface area contributed by atoms with E-state index in [0.29, 0.717) is 25.2 Å². The Bertz CT molecular complexity index is 1090. The van der Waals surface area contributed by atoms with Crippen LogP contribution in [0.3, 0.4) is 0 Å². The lowest BCUT2D eigenvalue weighted by molar-refractivity contribution is -0.132. The van der Waals surface area contributed by atoms with Crippen LogP contribution in [0.25, 0.3) is 0 Å². The van der Waals surface area contributed by atoms with Crippen molar-refractivity contribution in [2.24, 2.45) is 0 Å². The van der Waals surface area contributed by atoms with Crippen LogP contribution < -0.4 is 9.21 Å². The first kappa shape index (κ1) is 24.1. The third-order valence-corrected chi connectivity index (χ3v) is 7.75. The first-order valence-electron chi connectivity index (χ1n) is 11.2. The maximum Gasteiger partial charge on any atom is 0.246 e. The van der Waals surface area contributed by atoms with Crippen molar-refractivity contribution < 1.29 is 13.2 Å². The lowest BCUT2D eigenvalue weighted by Gasteiger charge is -2.40. The van der Waals surface area contributed by atoms with Gasteiger partial charge < -0.3 is 9.80 Å². The Kier molecular flexibility index (Phi) is 7.18. The van der Waals surface area contributed by atoms with E-state index < -0.39 is 16.1 Å². The molecule has 0 unspecified atom stereocenters. The molecule has 1 saturated heterocycles. The fraction of sp³-hybridized carbons (Fsp3) is 0.480. The first-order chi connectivity index (χ1) is 15.0. The van der Waals surface area contributed by atoms with Crippen molar-refractivity contribution >= 4 is 27.3 Å². The van der Waals surface area contributed by atoms with Gasteiger partial charge >= 0.3 is 0 Å². The molecule has 1 aliphatic heterocycles. The zero-order valence-electron chi connectivity index (χ0n) is 20.1. The third-order valence-electron chi connectivity index (χ3n) is 6.57. The van der Waals surface area contributed by atoms with Crippen molar-refractivity contribution in [1.29, 1.82) is 0 Å². The van der Waals surface area contributed by atoms with E-state index in [-0.39, 0.29) is 5.91 Å². The summed E-state index contributed by atoms with van der Waals surface area (Å²) in [5, 5.41) is 0. The molecule has 0 radical (unpaired) electrons. The summed E-state index contributed by atoms with van der Waals surface area (Å²) in [7, 11) is -3.63. The molecular weight excluding hydrogens is 422 g/mol. The average molecular weight is 458 g/mol. The molecule has 0 bridgehead atoms. The number of amides is 1. The summed E-state index contributed by atoms with van der Waals surface area (Å²) in [5.74, 6) is -0.128. The Morgan fingerprint density at radius 2 is 1.62 bits per heavy atom. The lowest BCUT2D eigenvalue weighted by atomic mass is 10.1. The molecule has 1 amide bonds. The molecule has 1 atom stereocenters. The minimum atomic E-state index is -3.63. The van der Waals surface area contributed by atoms with Crippen LogP contribution in [-0.4, -0.2) is 57.7 Å². The van der Waals surface area contributed by atoms with Gasteiger partial charge in [-0.3, -0.25) is 9.10 Å². The van der Waals surface area contributed by atoms with Gasteiger partial charge in [-0.1, -0.05) is 25.1 Å². The van der Waals surface area contributed by atoms with Crippen molar-refractivity contribution in [3.63, 3.8) is 0 Å². The summed E-state index contributed by atoms with van der Waals surface area (Å²) in [6, 6.07) is 11.1. The number of carbonyl (C=O) groups excluding carboxylic acids is 1. The monoisotopic (exact) mass is 457 g/mol. The molecule has 2 aromatic carbocycles. The highest BCUT2D eigenvalue weighted by atomic mass is 32.2. The molecule has 32 heavy (non-hydrogen) atoms. The van der Waals surface area contributed by atoms with Crippen molar-refractivity contribution in [2.75, 3.05) is 41.6 Å². The molecule has 1 heterocycles. The van der Waals surface area contributed by atoms with E-state index in [4.69, 9.17) is 0 Å². The van der Waals surface area contributed by atoms with E-state index in [1.807, 2.05) is 37.8 Å². The highest BCUT2D eigenvalue weighted by Crippen LogP contribution is 2.27. The van der Waals surface area contributed by atoms with Crippen LogP contribution in [0.1, 0.15) is 35.6 Å². The van der Waals surface area contributed by atoms with Crippen molar-refractivity contribution in [3.8, 4) is 0 Å². The number of anilines is 2. The molecular formula is C25H35N3O3S. The minimum absolute atomic E-state index is 0.128. The van der Waals surface area contributed by atoms with E-state index >= 15 is 0 Å². The maximum absolute atomic E-state index is 13.5. The maximum atomic E-state index is 13.5. The van der Waals surface area contributed by atoms with E-state index in [0.717, 1.165) is 24.2 Å². The third kappa shape index (κ3) is 4.93. The summed E-state index contributed by atoms with van der Waals surface area (Å²) in [5.41, 5.74) is 6.35. The molecule has 174 valence electrons. The van der Waals surface area contributed by atoms with Crippen LogP contribution >= 0.6 is 0 Å². The number of sulfonamides is 1. The Labute approximate surface area is 192 Å². The summed E-state index contributed by atoms with van der Waals surface area (Å²) < 4.78 is 26.8. The van der Waals surface area contributed by atoms with Gasteiger partial charge in [-0.05, 0) is 74.6 Å². The van der Waals surface area contributed by atoms with Gasteiger partial charge in [-0.2, -0.15) is 0 Å². The molecule has 0 N–H and O–H groups in total. The quantitative estimate of drug-likeness (QED) is 0.662. The fourth-order valence-corrected chi connectivity index (χ4v) is 5.56. The van der Waals surface area contributed by atoms with Crippen LogP contribution in [0.5, 0.6) is 0 Å². The SMILES string of the molecule is CC[C@H](C(=O)N1CCN(c2cccc(C)c2C)CC1)N(c1ccc(C)c(C)c1)S(C)(=O)=O. The van der Waals surface area contributed by atoms with Gasteiger partial charge in [0.25, 0.3) is 0 Å². The van der Waals surface area contributed by atoms with Crippen LogP contribution in [-0.2, 0) is 14.8 Å². The van der Waals surface area contributed by atoms with Crippen LogP contribution in [0, 0.1) is 27.7 Å². The second-order valence-electron chi connectivity index (χ2n) is 8.78. The minimum Gasteiger partial charge on any atom is -0.368 e. The Balaban J connectivity index is 1.81. The van der Waals surface area contributed by atoms with Crippen molar-refractivity contribution in [2.45, 2.75) is 47.1 Å². The molecule has 6 nitrogen and oxygen atoms in total. The molecule has 0 spiro atoms. The van der Waals surface area contributed by atoms with Crippen LogP contribution in [0.15, 0.2) is 36.4 Å². The molecule has 0 aromatic heterocycles. The smallest absolute Gasteiger partial charge is 0.246 e. The Morgan fingerprint density at radius 3 is 2.19 bits per heavy atom. The topological polar surface area (TPSA) is 60.9 Å². The normalized spacial score (nSPS) is 15.6. The number of carbonyl (C=O) groups is 1. The number of hydrogen-bond donors (Lipinski definition) is 0. The summed E-state index contributed by atoms with van der Waals surface area (Å²) >= 11 is 0. The summed E-state index contributed by atoms with van der Waals surface area (Å²) in [6.45, 7) is 12.7. The molecule has 0 saturated carbocycles. The Hall–Kier alpha value is -2.54. The summed E-state index contributed by atoms with van der Waals surface area (Å²) in [6.07, 6.45) is 1.59. The number of rotatable bonds is 6. The van der Waals surface area contributed by atoms with E-state index in [1.165, 1.54) is 27.4 Å². The zero-order valence-corrected chi connectivity index (χ0v) is 20.9. The van der Waals surface area contributed by atoms with Crippen LogP contribution in [0.4, 0.5) is 11.4 Å². The van der Waals surface area contributed by atoms with Gasteiger partial charge in [0.15, 0.2) is 0 Å². The predicted molar refractivity (Wildman–Crippen MR) is 132 cm³/mol. The predicted octanol–water partition coefficient (Wildman–Crippen LogP) is 3.81. The lowest BCUT2D eigenvalue weighted by Crippen LogP contribution is -2.56. The van der Waals surface area contributed by atoms with Gasteiger partial charge in [0, 0.05) is 31.9 Å². The first-order valence-corrected chi connectivity index (χ1v) is 13.1. The second kappa shape index (κ2) is 9.53. The number of benzene rings is 2. The molecule has 0 aliphatic carbocycles. The van der Waals surface area contributed by atoms with E-state index in [9.17, 15) is 13.2 Å². The summed E-state index contributed by atoms with van der Waals surface area (Å²) in [4.78, 5) is 17.6. The molecule has 1 aliphatic rings. The molecule has 1 fully saturated rings. The fourth-order valence-electron chi connectivity index (χ4n) is 4.36. The Morgan fingerprint density at radius 1 is 0.969 bits per heavy atom. The van der Waals surface area contributed by atoms with Gasteiger partial charge in [-0.25, -0.2) is 8.42 Å². The van der Waals surface area contributed by atoms with Crippen LogP contribution in [0.2, 0.25) is 0 Å². The van der Waals surface area contributed by atoms with E-state index in [2.05, 4.69) is 36.9 Å². The highest BCUT2D eigenvalue weighted by molar-refractivity contribution is 7.92. The number of nitrogens with zero attached hydrogens (tertiary/aromatic N) is 3. The van der Waals surface area contributed by atoms with Gasteiger partial charge in [0.2, 0.25) is 15.9 Å². The van der Waals surface area contributed by atoms with E-state index in [1.54, 1.807) is 6.07 Å². The van der Waals surface area contributed by atoms with Crippen molar-refractivity contribution in [3.05, 3.63) is 58.7 Å². The molecule has 3 rings (SSSR count). The average Bonchev–Trinajstić information content (AvgIpc) is 2.75. The number of hydrogen-bond acceptors (Lipinski definition) is 4. The number of piperazine rings is 1. The van der Waals surface area contributed by atoms with Crippen molar-refractivity contribution in [1.82, 2.24) is 4.90 Å². The standard InChI is InChI=1S/C25H35N3O3S/c1-7-23(28(32(6,30)31)22-12-11-18(2)20(4)17-22)25(29)27-15-13-26(14-16-27)24-10-8-9-19(3)21(24)5/h8-12,17,23H,7,13-16H2,1-6H3/t23-/m1/s1. The molecule has 7 heteroatoms. The van der Waals surface area contributed by atoms with Gasteiger partial charge in [-0.15, -0.1) is 0 Å². The number of aryl methyl sites for hydroxylation is 3.